The normalized spacial score (nSPS) is 22.1. The van der Waals surface area contributed by atoms with E-state index in [1.54, 1.807) is 0 Å². The second kappa shape index (κ2) is 11.0. The highest BCUT2D eigenvalue weighted by Gasteiger charge is 2.40. The number of nitrogens with zero attached hydrogens (tertiary/aromatic N) is 4. The van der Waals surface area contributed by atoms with Gasteiger partial charge in [0.15, 0.2) is 5.82 Å². The zero-order valence-electron chi connectivity index (χ0n) is 23.0. The van der Waals surface area contributed by atoms with Crippen LogP contribution in [0.1, 0.15) is 24.0 Å². The highest BCUT2D eigenvalue weighted by molar-refractivity contribution is 7.23. The fraction of sp³-hybridized carbons (Fsp3) is 0.414. The number of fused-ring (bicyclic) bond motifs is 4. The molecule has 0 aliphatic carbocycles. The Labute approximate surface area is 251 Å². The minimum Gasteiger partial charge on any atom is -0.461 e. The maximum Gasteiger partial charge on any atom is 0.417 e. The molecule has 9 nitrogen and oxygen atoms in total. The number of hydrogen-bond donors (Lipinski definition) is 2. The average molecular weight is 633 g/mol. The molecular formula is C29H25F5N6O3S. The second-order valence-corrected chi connectivity index (χ2v) is 12.1. The number of hydrogen-bond acceptors (Lipinski definition) is 10. The molecule has 2 aromatic heterocycles. The van der Waals surface area contributed by atoms with Crippen LogP contribution in [0.5, 0.6) is 6.01 Å². The molecule has 3 atom stereocenters. The van der Waals surface area contributed by atoms with E-state index in [2.05, 4.69) is 15.3 Å². The predicted octanol–water partition coefficient (Wildman–Crippen LogP) is 5.00. The van der Waals surface area contributed by atoms with Gasteiger partial charge in [-0.15, -0.1) is 11.3 Å². The molecule has 3 aliphatic rings. The number of nitrogen functional groups attached to an aromatic ring is 1. The highest BCUT2D eigenvalue weighted by atomic mass is 32.1. The molecule has 3 saturated heterocycles. The van der Waals surface area contributed by atoms with Crippen LogP contribution < -0.4 is 20.7 Å². The third kappa shape index (κ3) is 4.95. The van der Waals surface area contributed by atoms with Crippen molar-refractivity contribution in [2.45, 2.75) is 37.2 Å². The minimum atomic E-state index is -5.04. The van der Waals surface area contributed by atoms with Crippen LogP contribution in [0.4, 0.5) is 32.8 Å². The lowest BCUT2D eigenvalue weighted by Gasteiger charge is -2.34. The third-order valence-electron chi connectivity index (χ3n) is 8.19. The van der Waals surface area contributed by atoms with Crippen LogP contribution in [0.3, 0.4) is 0 Å². The number of nitriles is 1. The van der Waals surface area contributed by atoms with Gasteiger partial charge >= 0.3 is 12.2 Å². The van der Waals surface area contributed by atoms with Gasteiger partial charge in [-0.25, -0.2) is 8.78 Å². The Morgan fingerprint density at radius 1 is 1.16 bits per heavy atom. The minimum absolute atomic E-state index is 0.0227. The van der Waals surface area contributed by atoms with E-state index in [0.717, 1.165) is 31.0 Å². The molecule has 0 saturated carbocycles. The van der Waals surface area contributed by atoms with Gasteiger partial charge in [0.05, 0.1) is 35.6 Å². The van der Waals surface area contributed by atoms with Crippen molar-refractivity contribution in [3.05, 3.63) is 41.0 Å². The molecule has 2 unspecified atom stereocenters. The van der Waals surface area contributed by atoms with E-state index < -0.39 is 40.6 Å². The molecule has 3 aliphatic heterocycles. The number of piperazine rings is 1. The van der Waals surface area contributed by atoms with Gasteiger partial charge in [-0.3, -0.25) is 0 Å². The molecule has 15 heteroatoms. The van der Waals surface area contributed by atoms with Crippen LogP contribution in [-0.4, -0.2) is 67.7 Å². The Kier molecular flexibility index (Phi) is 7.19. The number of aromatic nitrogens is 2. The number of rotatable bonds is 5. The number of alkyl halides is 3. The van der Waals surface area contributed by atoms with E-state index >= 15 is 4.39 Å². The SMILES string of the molecule is N#Cc1c(N)sc2c(F)ccc(-c3c(C(F)(F)F)cc4c(N5CC6CCC(C5)N6)nc(OC[C@@H]5COCCO5)nc4c3F)c12. The zero-order chi connectivity index (χ0) is 30.7. The van der Waals surface area contributed by atoms with Crippen molar-refractivity contribution >= 4 is 43.1 Å². The lowest BCUT2D eigenvalue weighted by Crippen LogP contribution is -2.51. The summed E-state index contributed by atoms with van der Waals surface area (Å²) in [7, 11) is 0. The first-order valence-electron chi connectivity index (χ1n) is 14.0. The van der Waals surface area contributed by atoms with Crippen LogP contribution in [0, 0.1) is 23.0 Å². The Morgan fingerprint density at radius 2 is 1.93 bits per heavy atom. The van der Waals surface area contributed by atoms with Gasteiger partial charge < -0.3 is 30.2 Å². The Morgan fingerprint density at radius 3 is 2.61 bits per heavy atom. The molecule has 2 aromatic carbocycles. The molecule has 3 N–H and O–H groups in total. The summed E-state index contributed by atoms with van der Waals surface area (Å²) >= 11 is 0.708. The zero-order valence-corrected chi connectivity index (χ0v) is 23.8. The van der Waals surface area contributed by atoms with E-state index in [9.17, 15) is 22.8 Å². The van der Waals surface area contributed by atoms with Crippen molar-refractivity contribution in [1.29, 1.82) is 5.26 Å². The summed E-state index contributed by atoms with van der Waals surface area (Å²) in [5, 5.41) is 12.8. The monoisotopic (exact) mass is 632 g/mol. The van der Waals surface area contributed by atoms with E-state index in [1.165, 1.54) is 0 Å². The van der Waals surface area contributed by atoms with Crippen LogP contribution in [-0.2, 0) is 15.7 Å². The van der Waals surface area contributed by atoms with Crippen molar-refractivity contribution in [2.75, 3.05) is 50.2 Å². The van der Waals surface area contributed by atoms with E-state index in [1.807, 2.05) is 11.0 Å². The van der Waals surface area contributed by atoms with Crippen LogP contribution >= 0.6 is 11.3 Å². The third-order valence-corrected chi connectivity index (χ3v) is 9.22. The van der Waals surface area contributed by atoms with Gasteiger partial charge in [0.1, 0.15) is 40.9 Å². The molecular weight excluding hydrogens is 607 g/mol. The van der Waals surface area contributed by atoms with E-state index in [-0.39, 0.29) is 68.7 Å². The molecule has 4 aromatic rings. The summed E-state index contributed by atoms with van der Waals surface area (Å²) in [5.41, 5.74) is 2.78. The van der Waals surface area contributed by atoms with Crippen LogP contribution in [0.2, 0.25) is 0 Å². The second-order valence-electron chi connectivity index (χ2n) is 11.0. The fourth-order valence-electron chi connectivity index (χ4n) is 6.26. The Hall–Kier alpha value is -3.84. The van der Waals surface area contributed by atoms with Gasteiger partial charge in [-0.05, 0) is 30.5 Å². The summed E-state index contributed by atoms with van der Waals surface area (Å²) in [4.78, 5) is 10.6. The first-order chi connectivity index (χ1) is 21.1. The molecule has 5 heterocycles. The van der Waals surface area contributed by atoms with Crippen molar-refractivity contribution in [2.24, 2.45) is 0 Å². The topological polar surface area (TPSA) is 119 Å². The van der Waals surface area contributed by atoms with Crippen LogP contribution in [0.15, 0.2) is 18.2 Å². The van der Waals surface area contributed by atoms with Crippen molar-refractivity contribution in [1.82, 2.24) is 15.3 Å². The number of nitrogens with two attached hydrogens (primary N) is 1. The summed E-state index contributed by atoms with van der Waals surface area (Å²) in [6.45, 7) is 1.94. The number of ether oxygens (including phenoxy) is 3. The number of halogens is 5. The molecule has 230 valence electrons. The molecule has 0 radical (unpaired) electrons. The quantitative estimate of drug-likeness (QED) is 0.293. The summed E-state index contributed by atoms with van der Waals surface area (Å²) in [6, 6.07) is 4.57. The molecule has 7 rings (SSSR count). The van der Waals surface area contributed by atoms with Gasteiger partial charge in [0, 0.05) is 41.5 Å². The molecule has 3 fully saturated rings. The summed E-state index contributed by atoms with van der Waals surface area (Å²) in [6.07, 6.45) is -3.68. The smallest absolute Gasteiger partial charge is 0.417 e. The first-order valence-corrected chi connectivity index (χ1v) is 14.8. The Bertz CT molecular complexity index is 1810. The highest BCUT2D eigenvalue weighted by Crippen LogP contribution is 2.48. The van der Waals surface area contributed by atoms with Gasteiger partial charge in [-0.1, -0.05) is 6.07 Å². The fourth-order valence-corrected chi connectivity index (χ4v) is 7.21. The van der Waals surface area contributed by atoms with Gasteiger partial charge in [0.2, 0.25) is 0 Å². The summed E-state index contributed by atoms with van der Waals surface area (Å²) in [5.74, 6) is -1.98. The van der Waals surface area contributed by atoms with Crippen LogP contribution in [0.25, 0.3) is 32.1 Å². The van der Waals surface area contributed by atoms with Gasteiger partial charge in [-0.2, -0.15) is 28.4 Å². The van der Waals surface area contributed by atoms with E-state index in [0.29, 0.717) is 37.6 Å². The van der Waals surface area contributed by atoms with E-state index in [4.69, 9.17) is 19.9 Å². The predicted molar refractivity (Wildman–Crippen MR) is 153 cm³/mol. The molecule has 44 heavy (non-hydrogen) atoms. The molecule has 2 bridgehead atoms. The summed E-state index contributed by atoms with van der Waals surface area (Å²) < 4.78 is 92.6. The lowest BCUT2D eigenvalue weighted by atomic mass is 9.92. The first kappa shape index (κ1) is 28.9. The maximum absolute atomic E-state index is 16.8. The average Bonchev–Trinajstić information content (AvgIpc) is 3.53. The maximum atomic E-state index is 16.8. The Balaban J connectivity index is 1.46. The van der Waals surface area contributed by atoms with Crippen molar-refractivity contribution in [3.63, 3.8) is 0 Å². The number of nitrogens with one attached hydrogen (secondary N) is 1. The standard InChI is InChI=1S/C29H25F5N6O3S/c30-20-4-3-16(21-18(8-35)26(36)44-25(20)21)22-19(29(32,33)34)7-17-24(23(22)31)38-28(43-12-15-11-41-5-6-42-15)39-27(17)40-9-13-1-2-14(10-40)37-13/h3-4,7,13-15,37H,1-2,5-6,9-12,36H2/t13?,14?,15-/m0/s1. The number of thiophene rings is 1. The molecule has 0 spiro atoms. The van der Waals surface area contributed by atoms with Crippen molar-refractivity contribution in [3.8, 4) is 23.2 Å². The largest absolute Gasteiger partial charge is 0.461 e. The lowest BCUT2D eigenvalue weighted by molar-refractivity contribution is -0.137. The van der Waals surface area contributed by atoms with Gasteiger partial charge in [0.25, 0.3) is 0 Å². The number of benzene rings is 2. The van der Waals surface area contributed by atoms with Crippen molar-refractivity contribution < 1.29 is 36.2 Å². The molecule has 0 amide bonds. The number of anilines is 2.